The van der Waals surface area contributed by atoms with Gasteiger partial charge in [-0.05, 0) is 49.3 Å². The van der Waals surface area contributed by atoms with Crippen molar-refractivity contribution in [3.8, 4) is 5.75 Å². The van der Waals surface area contributed by atoms with Gasteiger partial charge < -0.3 is 10.5 Å². The predicted octanol–water partition coefficient (Wildman–Crippen LogP) is 2.76. The Morgan fingerprint density at radius 2 is 2.25 bits per heavy atom. The number of hydrogen-bond acceptors (Lipinski definition) is 2. The topological polar surface area (TPSA) is 35.2 Å². The zero-order valence-electron chi connectivity index (χ0n) is 9.99. The van der Waals surface area contributed by atoms with Gasteiger partial charge in [0.05, 0.1) is 6.61 Å². The molecule has 1 atom stereocenters. The van der Waals surface area contributed by atoms with Crippen molar-refractivity contribution >= 4 is 0 Å². The second-order valence-corrected chi connectivity index (χ2v) is 4.77. The van der Waals surface area contributed by atoms with E-state index in [9.17, 15) is 0 Å². The first-order chi connectivity index (χ1) is 7.78. The molecule has 1 aromatic carbocycles. The number of ether oxygens (including phenoxy) is 1. The third-order valence-electron chi connectivity index (χ3n) is 3.10. The molecule has 2 nitrogen and oxygen atoms in total. The molecule has 2 rings (SSSR count). The molecule has 0 radical (unpaired) electrons. The molecule has 88 valence electrons. The maximum atomic E-state index is 5.95. The summed E-state index contributed by atoms with van der Waals surface area (Å²) in [5.41, 5.74) is 7.23. The lowest BCUT2D eigenvalue weighted by Gasteiger charge is -2.10. The van der Waals surface area contributed by atoms with Crippen LogP contribution in [0.15, 0.2) is 24.3 Å². The Bertz CT molecular complexity index is 333. The highest BCUT2D eigenvalue weighted by Gasteiger charge is 2.21. The van der Waals surface area contributed by atoms with Gasteiger partial charge in [0.2, 0.25) is 0 Å². The van der Waals surface area contributed by atoms with E-state index < -0.39 is 0 Å². The van der Waals surface area contributed by atoms with Crippen molar-refractivity contribution in [1.29, 1.82) is 0 Å². The number of hydrogen-bond donors (Lipinski definition) is 1. The van der Waals surface area contributed by atoms with Gasteiger partial charge in [-0.2, -0.15) is 0 Å². The fourth-order valence-corrected chi connectivity index (χ4v) is 1.71. The van der Waals surface area contributed by atoms with Crippen LogP contribution in [-0.2, 0) is 6.42 Å². The molecule has 1 saturated carbocycles. The van der Waals surface area contributed by atoms with E-state index in [2.05, 4.69) is 25.1 Å². The first-order valence-corrected chi connectivity index (χ1v) is 6.25. The molecule has 1 aromatic rings. The van der Waals surface area contributed by atoms with Crippen LogP contribution in [0.4, 0.5) is 0 Å². The second kappa shape index (κ2) is 5.35. The first kappa shape index (κ1) is 11.5. The van der Waals surface area contributed by atoms with Crippen molar-refractivity contribution in [3.63, 3.8) is 0 Å². The van der Waals surface area contributed by atoms with E-state index >= 15 is 0 Å². The normalized spacial score (nSPS) is 17.1. The zero-order chi connectivity index (χ0) is 11.4. The van der Waals surface area contributed by atoms with Gasteiger partial charge >= 0.3 is 0 Å². The molecule has 0 aromatic heterocycles. The molecule has 1 aliphatic rings. The molecule has 1 fully saturated rings. The van der Waals surface area contributed by atoms with Crippen LogP contribution in [0.1, 0.15) is 31.7 Å². The minimum absolute atomic E-state index is 0.263. The summed E-state index contributed by atoms with van der Waals surface area (Å²) in [6, 6.07) is 8.60. The Hall–Kier alpha value is -1.02. The van der Waals surface area contributed by atoms with Gasteiger partial charge in [0.15, 0.2) is 0 Å². The van der Waals surface area contributed by atoms with Crippen molar-refractivity contribution in [3.05, 3.63) is 29.8 Å². The maximum Gasteiger partial charge on any atom is 0.119 e. The fourth-order valence-electron chi connectivity index (χ4n) is 1.71. The van der Waals surface area contributed by atoms with Gasteiger partial charge in [0.1, 0.15) is 5.75 Å². The maximum absolute atomic E-state index is 5.95. The predicted molar refractivity (Wildman–Crippen MR) is 66.6 cm³/mol. The van der Waals surface area contributed by atoms with Crippen LogP contribution in [0, 0.1) is 5.92 Å². The molecule has 0 bridgehead atoms. The van der Waals surface area contributed by atoms with Gasteiger partial charge in [0, 0.05) is 6.04 Å². The summed E-state index contributed by atoms with van der Waals surface area (Å²) in [6.45, 7) is 3.00. The molecule has 2 N–H and O–H groups in total. The lowest BCUT2D eigenvalue weighted by molar-refractivity contribution is 0.299. The van der Waals surface area contributed by atoms with Crippen LogP contribution in [0.3, 0.4) is 0 Å². The molecule has 16 heavy (non-hydrogen) atoms. The summed E-state index contributed by atoms with van der Waals surface area (Å²) in [5.74, 6) is 1.80. The Balaban J connectivity index is 1.89. The molecule has 2 heteroatoms. The average molecular weight is 219 g/mol. The van der Waals surface area contributed by atoms with E-state index in [1.165, 1.54) is 18.4 Å². The van der Waals surface area contributed by atoms with E-state index in [-0.39, 0.29) is 6.04 Å². The van der Waals surface area contributed by atoms with Gasteiger partial charge in [-0.25, -0.2) is 0 Å². The highest BCUT2D eigenvalue weighted by molar-refractivity contribution is 5.29. The molecule has 0 aliphatic heterocycles. The SMILES string of the molecule is CCC(N)Cc1cccc(OCC2CC2)c1. The molecule has 0 heterocycles. The summed E-state index contributed by atoms with van der Waals surface area (Å²) < 4.78 is 5.74. The van der Waals surface area contributed by atoms with Crippen molar-refractivity contribution in [2.24, 2.45) is 11.7 Å². The van der Waals surface area contributed by atoms with Gasteiger partial charge in [-0.3, -0.25) is 0 Å². The lowest BCUT2D eigenvalue weighted by Crippen LogP contribution is -2.21. The van der Waals surface area contributed by atoms with Gasteiger partial charge in [0.25, 0.3) is 0 Å². The number of rotatable bonds is 6. The molecule has 0 saturated heterocycles. The number of nitrogens with two attached hydrogens (primary N) is 1. The van der Waals surface area contributed by atoms with Crippen molar-refractivity contribution in [1.82, 2.24) is 0 Å². The molecule has 0 amide bonds. The molecule has 1 unspecified atom stereocenters. The van der Waals surface area contributed by atoms with E-state index in [4.69, 9.17) is 10.5 Å². The summed E-state index contributed by atoms with van der Waals surface area (Å²) >= 11 is 0. The Labute approximate surface area is 97.8 Å². The minimum atomic E-state index is 0.263. The fraction of sp³-hybridized carbons (Fsp3) is 0.571. The molecular weight excluding hydrogens is 198 g/mol. The van der Waals surface area contributed by atoms with Crippen LogP contribution >= 0.6 is 0 Å². The largest absolute Gasteiger partial charge is 0.493 e. The van der Waals surface area contributed by atoms with E-state index in [1.807, 2.05) is 6.07 Å². The summed E-state index contributed by atoms with van der Waals surface area (Å²) in [5, 5.41) is 0. The average Bonchev–Trinajstić information content (AvgIpc) is 3.10. The van der Waals surface area contributed by atoms with Crippen LogP contribution in [0.2, 0.25) is 0 Å². The third kappa shape index (κ3) is 3.53. The monoisotopic (exact) mass is 219 g/mol. The Morgan fingerprint density at radius 3 is 2.94 bits per heavy atom. The first-order valence-electron chi connectivity index (χ1n) is 6.25. The van der Waals surface area contributed by atoms with E-state index in [0.717, 1.165) is 31.1 Å². The zero-order valence-corrected chi connectivity index (χ0v) is 9.99. The molecule has 0 spiro atoms. The van der Waals surface area contributed by atoms with Crippen LogP contribution in [0.25, 0.3) is 0 Å². The Morgan fingerprint density at radius 1 is 1.44 bits per heavy atom. The highest BCUT2D eigenvalue weighted by Crippen LogP contribution is 2.29. The minimum Gasteiger partial charge on any atom is -0.493 e. The van der Waals surface area contributed by atoms with Gasteiger partial charge in [-0.1, -0.05) is 19.1 Å². The summed E-state index contributed by atoms with van der Waals surface area (Å²) in [6.07, 6.45) is 4.63. The smallest absolute Gasteiger partial charge is 0.119 e. The molecular formula is C14H21NO. The van der Waals surface area contributed by atoms with Crippen molar-refractivity contribution < 1.29 is 4.74 Å². The van der Waals surface area contributed by atoms with Crippen molar-refractivity contribution in [2.45, 2.75) is 38.6 Å². The Kier molecular flexibility index (Phi) is 3.83. The van der Waals surface area contributed by atoms with E-state index in [1.54, 1.807) is 0 Å². The summed E-state index contributed by atoms with van der Waals surface area (Å²) in [4.78, 5) is 0. The van der Waals surface area contributed by atoms with Gasteiger partial charge in [-0.15, -0.1) is 0 Å². The third-order valence-corrected chi connectivity index (χ3v) is 3.10. The van der Waals surface area contributed by atoms with Crippen LogP contribution < -0.4 is 10.5 Å². The second-order valence-electron chi connectivity index (χ2n) is 4.77. The van der Waals surface area contributed by atoms with Crippen LogP contribution in [-0.4, -0.2) is 12.6 Å². The van der Waals surface area contributed by atoms with Crippen LogP contribution in [0.5, 0.6) is 5.75 Å². The lowest BCUT2D eigenvalue weighted by atomic mass is 10.0. The standard InChI is InChI=1S/C14H21NO/c1-2-13(15)8-12-4-3-5-14(9-12)16-10-11-6-7-11/h3-5,9,11,13H,2,6-8,10,15H2,1H3. The van der Waals surface area contributed by atoms with Crippen molar-refractivity contribution in [2.75, 3.05) is 6.61 Å². The summed E-state index contributed by atoms with van der Waals surface area (Å²) in [7, 11) is 0. The van der Waals surface area contributed by atoms with E-state index in [0.29, 0.717) is 0 Å². The number of benzene rings is 1. The quantitative estimate of drug-likeness (QED) is 0.798. The molecule has 1 aliphatic carbocycles. The highest BCUT2D eigenvalue weighted by atomic mass is 16.5.